The van der Waals surface area contributed by atoms with Crippen molar-refractivity contribution in [3.05, 3.63) is 23.8 Å². The topological polar surface area (TPSA) is 53.1 Å². The highest BCUT2D eigenvalue weighted by Crippen LogP contribution is 2.33. The van der Waals surface area contributed by atoms with E-state index in [1.807, 2.05) is 11.8 Å². The molecule has 0 radical (unpaired) electrons. The number of nitrogen functional groups attached to an aromatic ring is 1. The highest BCUT2D eigenvalue weighted by atomic mass is 32.2. The molecular formula is C14H21N3S2. The maximum atomic E-state index is 7.91. The third-order valence-corrected chi connectivity index (χ3v) is 5.38. The quantitative estimate of drug-likeness (QED) is 0.509. The summed E-state index contributed by atoms with van der Waals surface area (Å²) in [6, 6.07) is 6.74. The summed E-state index contributed by atoms with van der Waals surface area (Å²) in [4.78, 5) is 3.52. The molecule has 0 aromatic heterocycles. The third-order valence-electron chi connectivity index (χ3n) is 3.25. The molecule has 1 unspecified atom stereocenters. The molecule has 1 saturated heterocycles. The molecule has 1 atom stereocenters. The number of rotatable bonds is 4. The van der Waals surface area contributed by atoms with Crippen molar-refractivity contribution in [2.75, 3.05) is 28.7 Å². The second kappa shape index (κ2) is 6.57. The van der Waals surface area contributed by atoms with Gasteiger partial charge in [0.25, 0.3) is 0 Å². The van der Waals surface area contributed by atoms with E-state index in [-0.39, 0.29) is 5.84 Å². The number of thioether (sulfide) groups is 2. The Bertz CT molecular complexity index is 462. The molecule has 2 rings (SSSR count). The number of nitrogens with two attached hydrogens (primary N) is 1. The summed E-state index contributed by atoms with van der Waals surface area (Å²) in [6.07, 6.45) is 0. The molecule has 0 spiro atoms. The van der Waals surface area contributed by atoms with E-state index in [2.05, 4.69) is 36.9 Å². The van der Waals surface area contributed by atoms with Crippen molar-refractivity contribution in [2.45, 2.75) is 24.8 Å². The van der Waals surface area contributed by atoms with Gasteiger partial charge < -0.3 is 10.6 Å². The second-order valence-corrected chi connectivity index (χ2v) is 7.07. The molecular weight excluding hydrogens is 274 g/mol. The van der Waals surface area contributed by atoms with Crippen molar-refractivity contribution in [1.29, 1.82) is 5.41 Å². The molecule has 0 saturated carbocycles. The van der Waals surface area contributed by atoms with Crippen LogP contribution in [0.1, 0.15) is 19.4 Å². The van der Waals surface area contributed by atoms with Crippen LogP contribution in [0.2, 0.25) is 0 Å². The SMILES string of the molecule is CCSc1cccc(N2CCSCC2C)c1C(=N)N. The van der Waals surface area contributed by atoms with Gasteiger partial charge in [-0.1, -0.05) is 13.0 Å². The molecule has 19 heavy (non-hydrogen) atoms. The first-order chi connectivity index (χ1) is 9.15. The van der Waals surface area contributed by atoms with Crippen molar-refractivity contribution in [2.24, 2.45) is 5.73 Å². The van der Waals surface area contributed by atoms with E-state index in [1.165, 1.54) is 0 Å². The van der Waals surface area contributed by atoms with Crippen molar-refractivity contribution < 1.29 is 0 Å². The highest BCUT2D eigenvalue weighted by Gasteiger charge is 2.23. The van der Waals surface area contributed by atoms with Crippen molar-refractivity contribution in [3.8, 4) is 0 Å². The number of hydrogen-bond acceptors (Lipinski definition) is 4. The lowest BCUT2D eigenvalue weighted by Crippen LogP contribution is -2.41. The lowest BCUT2D eigenvalue weighted by molar-refractivity contribution is 0.698. The first-order valence-corrected chi connectivity index (χ1v) is 8.73. The Kier molecular flexibility index (Phi) is 5.05. The minimum atomic E-state index is 0.178. The molecule has 3 nitrogen and oxygen atoms in total. The zero-order chi connectivity index (χ0) is 13.8. The van der Waals surface area contributed by atoms with Gasteiger partial charge in [-0.3, -0.25) is 5.41 Å². The van der Waals surface area contributed by atoms with Crippen LogP contribution in [0, 0.1) is 5.41 Å². The zero-order valence-electron chi connectivity index (χ0n) is 11.5. The average Bonchev–Trinajstić information content (AvgIpc) is 2.39. The van der Waals surface area contributed by atoms with E-state index >= 15 is 0 Å². The van der Waals surface area contributed by atoms with E-state index in [0.29, 0.717) is 6.04 Å². The van der Waals surface area contributed by atoms with Gasteiger partial charge in [-0.25, -0.2) is 0 Å². The van der Waals surface area contributed by atoms with Gasteiger partial charge in [0.05, 0.1) is 5.56 Å². The summed E-state index contributed by atoms with van der Waals surface area (Å²) < 4.78 is 0. The summed E-state index contributed by atoms with van der Waals surface area (Å²) in [5.41, 5.74) is 7.87. The monoisotopic (exact) mass is 295 g/mol. The highest BCUT2D eigenvalue weighted by molar-refractivity contribution is 7.99. The minimum absolute atomic E-state index is 0.178. The molecule has 104 valence electrons. The summed E-state index contributed by atoms with van der Waals surface area (Å²) in [5.74, 6) is 3.46. The molecule has 1 aromatic rings. The number of anilines is 1. The van der Waals surface area contributed by atoms with E-state index in [9.17, 15) is 0 Å². The maximum absolute atomic E-state index is 7.91. The Morgan fingerprint density at radius 1 is 1.58 bits per heavy atom. The van der Waals surface area contributed by atoms with Gasteiger partial charge in [0.2, 0.25) is 0 Å². The van der Waals surface area contributed by atoms with Crippen molar-refractivity contribution in [1.82, 2.24) is 0 Å². The van der Waals surface area contributed by atoms with Crippen LogP contribution >= 0.6 is 23.5 Å². The molecule has 0 amide bonds. The molecule has 1 aromatic carbocycles. The van der Waals surface area contributed by atoms with Crippen LogP contribution in [0.5, 0.6) is 0 Å². The van der Waals surface area contributed by atoms with Gasteiger partial charge in [0.15, 0.2) is 0 Å². The molecule has 0 bridgehead atoms. The Balaban J connectivity index is 2.43. The largest absolute Gasteiger partial charge is 0.384 e. The van der Waals surface area contributed by atoms with Crippen LogP contribution < -0.4 is 10.6 Å². The Morgan fingerprint density at radius 3 is 3.00 bits per heavy atom. The Labute approximate surface area is 123 Å². The normalized spacial score (nSPS) is 19.5. The van der Waals surface area contributed by atoms with E-state index in [1.54, 1.807) is 11.8 Å². The molecule has 3 N–H and O–H groups in total. The molecule has 0 aliphatic carbocycles. The van der Waals surface area contributed by atoms with Gasteiger partial charge >= 0.3 is 0 Å². The maximum Gasteiger partial charge on any atom is 0.126 e. The predicted molar refractivity (Wildman–Crippen MR) is 88.0 cm³/mol. The van der Waals surface area contributed by atoms with E-state index < -0.39 is 0 Å². The molecule has 1 aliphatic rings. The summed E-state index contributed by atoms with van der Waals surface area (Å²) >= 11 is 3.76. The standard InChI is InChI=1S/C14H21N3S2/c1-3-19-12-6-4-5-11(13(12)14(15)16)17-7-8-18-9-10(17)2/h4-6,10H,3,7-9H2,1-2H3,(H3,15,16). The molecule has 1 fully saturated rings. The Morgan fingerprint density at radius 2 is 2.37 bits per heavy atom. The molecule has 1 heterocycles. The first kappa shape index (κ1) is 14.6. The van der Waals surface area contributed by atoms with Gasteiger partial charge in [0, 0.05) is 34.7 Å². The lowest BCUT2D eigenvalue weighted by Gasteiger charge is -2.36. The first-order valence-electron chi connectivity index (χ1n) is 6.59. The van der Waals surface area contributed by atoms with Gasteiger partial charge in [-0.05, 0) is 24.8 Å². The van der Waals surface area contributed by atoms with E-state index in [0.717, 1.165) is 39.9 Å². The van der Waals surface area contributed by atoms with Crippen LogP contribution in [0.25, 0.3) is 0 Å². The minimum Gasteiger partial charge on any atom is -0.384 e. The summed E-state index contributed by atoms with van der Waals surface area (Å²) in [5, 5.41) is 7.91. The number of amidine groups is 1. The van der Waals surface area contributed by atoms with Crippen molar-refractivity contribution in [3.63, 3.8) is 0 Å². The van der Waals surface area contributed by atoms with Gasteiger partial charge in [-0.15, -0.1) is 11.8 Å². The summed E-state index contributed by atoms with van der Waals surface area (Å²) in [6.45, 7) is 5.41. The number of benzene rings is 1. The van der Waals surface area contributed by atoms with Crippen LogP contribution in [0.15, 0.2) is 23.1 Å². The molecule has 5 heteroatoms. The van der Waals surface area contributed by atoms with Crippen LogP contribution in [-0.4, -0.2) is 35.7 Å². The number of nitrogens with zero attached hydrogens (tertiary/aromatic N) is 1. The third kappa shape index (κ3) is 3.20. The fourth-order valence-corrected chi connectivity index (χ4v) is 4.25. The number of hydrogen-bond donors (Lipinski definition) is 2. The zero-order valence-corrected chi connectivity index (χ0v) is 13.1. The smallest absolute Gasteiger partial charge is 0.126 e. The van der Waals surface area contributed by atoms with Crippen molar-refractivity contribution >= 4 is 35.0 Å². The predicted octanol–water partition coefficient (Wildman–Crippen LogP) is 3.02. The van der Waals surface area contributed by atoms with Crippen LogP contribution in [0.4, 0.5) is 5.69 Å². The number of nitrogens with one attached hydrogen (secondary N) is 1. The van der Waals surface area contributed by atoms with Crippen LogP contribution in [0.3, 0.4) is 0 Å². The van der Waals surface area contributed by atoms with E-state index in [4.69, 9.17) is 11.1 Å². The van der Waals surface area contributed by atoms with Crippen LogP contribution in [-0.2, 0) is 0 Å². The second-order valence-electron chi connectivity index (χ2n) is 4.61. The molecule has 1 aliphatic heterocycles. The average molecular weight is 295 g/mol. The lowest BCUT2D eigenvalue weighted by atomic mass is 10.1. The Hall–Kier alpha value is -0.810. The fraction of sp³-hybridized carbons (Fsp3) is 0.500. The fourth-order valence-electron chi connectivity index (χ4n) is 2.39. The van der Waals surface area contributed by atoms with Gasteiger partial charge in [-0.2, -0.15) is 11.8 Å². The van der Waals surface area contributed by atoms with Gasteiger partial charge in [0.1, 0.15) is 5.84 Å². The summed E-state index contributed by atoms with van der Waals surface area (Å²) in [7, 11) is 0.